The van der Waals surface area contributed by atoms with E-state index in [2.05, 4.69) is 11.2 Å². The molecular formula is C10H13F3N2O2. The van der Waals surface area contributed by atoms with Crippen molar-refractivity contribution >= 4 is 5.91 Å². The number of aliphatic hydroxyl groups is 1. The van der Waals surface area contributed by atoms with Crippen molar-refractivity contribution in [2.24, 2.45) is 0 Å². The van der Waals surface area contributed by atoms with E-state index in [1.54, 1.807) is 0 Å². The Labute approximate surface area is 96.8 Å². The lowest BCUT2D eigenvalue weighted by Crippen LogP contribution is -2.48. The minimum atomic E-state index is -4.67. The molecule has 0 aromatic carbocycles. The largest absolute Gasteiger partial charge is 0.418 e. The fourth-order valence-electron chi connectivity index (χ4n) is 1.65. The molecule has 1 fully saturated rings. The molecule has 0 aromatic rings. The summed E-state index contributed by atoms with van der Waals surface area (Å²) in [6.45, 7) is -0.713. The number of alkyl halides is 3. The predicted octanol–water partition coefficient (Wildman–Crippen LogP) is -0.265. The lowest BCUT2D eigenvalue weighted by molar-refractivity contribution is -0.253. The topological polar surface area (TPSA) is 52.6 Å². The Morgan fingerprint density at radius 1 is 1.59 bits per heavy atom. The molecule has 7 heteroatoms. The van der Waals surface area contributed by atoms with Gasteiger partial charge in [-0.05, 0) is 6.42 Å². The number of carbonyl (C=O) groups is 1. The number of terminal acetylenes is 1. The number of carbonyl (C=O) groups excluding carboxylic acids is 1. The summed E-state index contributed by atoms with van der Waals surface area (Å²) in [5.74, 6) is 1.73. The standard InChI is InChI=1S/C10H13F3N2O2/c1-2-4-14-8(16)6-15-5-3-9(17,7-15)10(11,12)13/h1,17H,3-7H2,(H,14,16). The van der Waals surface area contributed by atoms with Crippen LogP contribution < -0.4 is 5.32 Å². The van der Waals surface area contributed by atoms with Gasteiger partial charge in [-0.25, -0.2) is 0 Å². The Bertz CT molecular complexity index is 337. The number of hydrogen-bond donors (Lipinski definition) is 2. The third-order valence-corrected chi connectivity index (χ3v) is 2.61. The summed E-state index contributed by atoms with van der Waals surface area (Å²) in [4.78, 5) is 12.5. The molecule has 0 radical (unpaired) electrons. The van der Waals surface area contributed by atoms with E-state index >= 15 is 0 Å². The first kappa shape index (κ1) is 13.8. The van der Waals surface area contributed by atoms with Crippen molar-refractivity contribution in [3.63, 3.8) is 0 Å². The summed E-state index contributed by atoms with van der Waals surface area (Å²) in [6.07, 6.45) is -0.169. The molecule has 1 atom stereocenters. The fourth-order valence-corrected chi connectivity index (χ4v) is 1.65. The van der Waals surface area contributed by atoms with Crippen LogP contribution >= 0.6 is 0 Å². The highest BCUT2D eigenvalue weighted by molar-refractivity contribution is 5.78. The predicted molar refractivity (Wildman–Crippen MR) is 53.9 cm³/mol. The number of halogens is 3. The molecule has 1 unspecified atom stereocenters. The number of amides is 1. The number of nitrogens with one attached hydrogen (secondary N) is 1. The molecule has 0 bridgehead atoms. The molecule has 0 aromatic heterocycles. The van der Waals surface area contributed by atoms with Crippen LogP contribution in [0.3, 0.4) is 0 Å². The molecule has 1 amide bonds. The second-order valence-electron chi connectivity index (χ2n) is 3.97. The van der Waals surface area contributed by atoms with Gasteiger partial charge in [-0.1, -0.05) is 5.92 Å². The Balaban J connectivity index is 2.46. The second kappa shape index (κ2) is 4.94. The molecule has 2 N–H and O–H groups in total. The van der Waals surface area contributed by atoms with Gasteiger partial charge in [0.1, 0.15) is 0 Å². The summed E-state index contributed by atoms with van der Waals surface area (Å²) < 4.78 is 37.4. The van der Waals surface area contributed by atoms with Crippen LogP contribution in [0.5, 0.6) is 0 Å². The van der Waals surface area contributed by atoms with E-state index in [1.807, 2.05) is 0 Å². The zero-order valence-electron chi connectivity index (χ0n) is 9.05. The monoisotopic (exact) mass is 250 g/mol. The maximum atomic E-state index is 12.5. The molecule has 1 aliphatic heterocycles. The molecule has 1 rings (SSSR count). The van der Waals surface area contributed by atoms with Crippen LogP contribution in [0.2, 0.25) is 0 Å². The fraction of sp³-hybridized carbons (Fsp3) is 0.700. The molecule has 1 aliphatic rings. The highest BCUT2D eigenvalue weighted by Gasteiger charge is 2.57. The van der Waals surface area contributed by atoms with Crippen LogP contribution in [0.15, 0.2) is 0 Å². The van der Waals surface area contributed by atoms with Crippen LogP contribution in [-0.2, 0) is 4.79 Å². The molecule has 96 valence electrons. The third-order valence-electron chi connectivity index (χ3n) is 2.61. The normalized spacial score (nSPS) is 25.6. The Morgan fingerprint density at radius 3 is 2.71 bits per heavy atom. The van der Waals surface area contributed by atoms with Crippen LogP contribution in [-0.4, -0.2) is 53.9 Å². The summed E-state index contributed by atoms with van der Waals surface area (Å²) in [5, 5.41) is 11.7. The molecule has 1 heterocycles. The Hall–Kier alpha value is -1.26. The minimum absolute atomic E-state index is 0.0273. The first-order valence-electron chi connectivity index (χ1n) is 5.00. The highest BCUT2D eigenvalue weighted by atomic mass is 19.4. The first-order valence-corrected chi connectivity index (χ1v) is 5.00. The molecule has 4 nitrogen and oxygen atoms in total. The second-order valence-corrected chi connectivity index (χ2v) is 3.97. The van der Waals surface area contributed by atoms with Crippen LogP contribution in [0.1, 0.15) is 6.42 Å². The van der Waals surface area contributed by atoms with Gasteiger partial charge in [0.25, 0.3) is 0 Å². The molecule has 0 saturated carbocycles. The quantitative estimate of drug-likeness (QED) is 0.678. The van der Waals surface area contributed by atoms with E-state index in [9.17, 15) is 23.1 Å². The summed E-state index contributed by atoms with van der Waals surface area (Å²) in [5.41, 5.74) is -2.71. The van der Waals surface area contributed by atoms with Gasteiger partial charge in [0.05, 0.1) is 13.1 Å². The smallest absolute Gasteiger partial charge is 0.379 e. The van der Waals surface area contributed by atoms with Gasteiger partial charge in [0, 0.05) is 13.1 Å². The Kier molecular flexibility index (Phi) is 4.01. The van der Waals surface area contributed by atoms with Crippen molar-refractivity contribution in [2.75, 3.05) is 26.2 Å². The average molecular weight is 250 g/mol. The van der Waals surface area contributed by atoms with Crippen molar-refractivity contribution in [3.8, 4) is 12.3 Å². The van der Waals surface area contributed by atoms with E-state index in [0.29, 0.717) is 0 Å². The maximum absolute atomic E-state index is 12.5. The summed E-state index contributed by atoms with van der Waals surface area (Å²) in [7, 11) is 0. The average Bonchev–Trinajstić information content (AvgIpc) is 2.57. The van der Waals surface area contributed by atoms with Crippen molar-refractivity contribution in [2.45, 2.75) is 18.2 Å². The van der Waals surface area contributed by atoms with Gasteiger partial charge >= 0.3 is 6.18 Å². The zero-order valence-corrected chi connectivity index (χ0v) is 9.05. The number of likely N-dealkylation sites (tertiary alicyclic amines) is 1. The first-order chi connectivity index (χ1) is 7.78. The van der Waals surface area contributed by atoms with Crippen molar-refractivity contribution in [3.05, 3.63) is 0 Å². The number of nitrogens with zero attached hydrogens (tertiary/aromatic N) is 1. The van der Waals surface area contributed by atoms with Gasteiger partial charge in [-0.2, -0.15) is 13.2 Å². The van der Waals surface area contributed by atoms with E-state index in [0.717, 1.165) is 0 Å². The van der Waals surface area contributed by atoms with Gasteiger partial charge in [-0.15, -0.1) is 6.42 Å². The summed E-state index contributed by atoms with van der Waals surface area (Å²) >= 11 is 0. The van der Waals surface area contributed by atoms with E-state index in [-0.39, 0.29) is 19.6 Å². The zero-order chi connectivity index (χ0) is 13.1. The lowest BCUT2D eigenvalue weighted by atomic mass is 10.0. The summed E-state index contributed by atoms with van der Waals surface area (Å²) in [6, 6.07) is 0. The highest BCUT2D eigenvalue weighted by Crippen LogP contribution is 2.37. The molecule has 1 saturated heterocycles. The van der Waals surface area contributed by atoms with Gasteiger partial charge in [-0.3, -0.25) is 9.69 Å². The Morgan fingerprint density at radius 2 is 2.24 bits per heavy atom. The number of hydrogen-bond acceptors (Lipinski definition) is 3. The van der Waals surface area contributed by atoms with E-state index in [1.165, 1.54) is 4.90 Å². The van der Waals surface area contributed by atoms with Crippen LogP contribution in [0.25, 0.3) is 0 Å². The number of rotatable bonds is 3. The maximum Gasteiger partial charge on any atom is 0.418 e. The SMILES string of the molecule is C#CCNC(=O)CN1CCC(O)(C(F)(F)F)C1. The minimum Gasteiger partial charge on any atom is -0.379 e. The van der Waals surface area contributed by atoms with Crippen molar-refractivity contribution in [1.82, 2.24) is 10.2 Å². The van der Waals surface area contributed by atoms with Crippen molar-refractivity contribution in [1.29, 1.82) is 0 Å². The van der Waals surface area contributed by atoms with Gasteiger partial charge < -0.3 is 10.4 Å². The molecule has 0 aliphatic carbocycles. The molecule has 17 heavy (non-hydrogen) atoms. The van der Waals surface area contributed by atoms with E-state index in [4.69, 9.17) is 6.42 Å². The van der Waals surface area contributed by atoms with Gasteiger partial charge in [0.15, 0.2) is 5.60 Å². The van der Waals surface area contributed by atoms with E-state index < -0.39 is 30.7 Å². The number of β-amino-alcohol motifs (C(OH)–C–C–N with tert-alkyl or cyclic N) is 1. The third kappa shape index (κ3) is 3.35. The van der Waals surface area contributed by atoms with Crippen LogP contribution in [0.4, 0.5) is 13.2 Å². The van der Waals surface area contributed by atoms with Gasteiger partial charge in [0.2, 0.25) is 5.91 Å². The molecular weight excluding hydrogens is 237 g/mol. The molecule has 0 spiro atoms. The van der Waals surface area contributed by atoms with Crippen molar-refractivity contribution < 1.29 is 23.1 Å². The lowest BCUT2D eigenvalue weighted by Gasteiger charge is -2.25. The van der Waals surface area contributed by atoms with Crippen LogP contribution in [0, 0.1) is 12.3 Å².